The Bertz CT molecular complexity index is 1030. The predicted molar refractivity (Wildman–Crippen MR) is 195 cm³/mol. The van der Waals surface area contributed by atoms with E-state index in [9.17, 15) is 33.6 Å². The summed E-state index contributed by atoms with van der Waals surface area (Å²) in [7, 11) is 0. The highest BCUT2D eigenvalue weighted by molar-refractivity contribution is 5.89. The smallest absolute Gasteiger partial charge is 0.303 e. The highest BCUT2D eigenvalue weighted by Gasteiger charge is 2.27. The number of nitrogens with one attached hydrogen (secondary N) is 5. The quantitative estimate of drug-likeness (QED) is 0.0588. The van der Waals surface area contributed by atoms with Crippen LogP contribution in [0, 0.1) is 5.92 Å². The van der Waals surface area contributed by atoms with Crippen molar-refractivity contribution in [3.63, 3.8) is 0 Å². The van der Waals surface area contributed by atoms with Crippen LogP contribution in [0.4, 0.5) is 0 Å². The lowest BCUT2D eigenvalue weighted by Crippen LogP contribution is -2.51. The van der Waals surface area contributed by atoms with Crippen LogP contribution in [0.15, 0.2) is 0 Å². The first-order chi connectivity index (χ1) is 24.1. The first-order valence-corrected chi connectivity index (χ1v) is 18.3. The summed E-state index contributed by atoms with van der Waals surface area (Å²) < 4.78 is 10.7. The van der Waals surface area contributed by atoms with E-state index in [1.165, 1.54) is 0 Å². The van der Waals surface area contributed by atoms with Gasteiger partial charge in [-0.05, 0) is 67.2 Å². The number of aliphatic carboxylic acids is 1. The third kappa shape index (κ3) is 27.1. The minimum atomic E-state index is -0.900. The number of carbonyl (C=O) groups excluding carboxylic acids is 6. The van der Waals surface area contributed by atoms with Gasteiger partial charge in [0.15, 0.2) is 5.78 Å². The molecule has 0 aromatic carbocycles. The minimum absolute atomic E-state index is 0.00411. The number of ether oxygens (including phenoxy) is 2. The van der Waals surface area contributed by atoms with Crippen LogP contribution in [-0.4, -0.2) is 116 Å². The fourth-order valence-electron chi connectivity index (χ4n) is 4.60. The second-order valence-corrected chi connectivity index (χ2v) is 13.3. The Morgan fingerprint density at radius 2 is 1.47 bits per heavy atom. The summed E-state index contributed by atoms with van der Waals surface area (Å²) in [4.78, 5) is 79.8. The molecule has 15 heteroatoms. The molecule has 0 aliphatic heterocycles. The summed E-state index contributed by atoms with van der Waals surface area (Å²) >= 11 is 0. The van der Waals surface area contributed by atoms with E-state index in [2.05, 4.69) is 26.6 Å². The number of ketones is 1. The zero-order valence-corrected chi connectivity index (χ0v) is 32.3. The van der Waals surface area contributed by atoms with E-state index < -0.39 is 23.1 Å². The van der Waals surface area contributed by atoms with Gasteiger partial charge in [-0.25, -0.2) is 0 Å². The number of hydrogen-bond donors (Lipinski definition) is 6. The number of hydrogen-bond acceptors (Lipinski definition) is 11. The van der Waals surface area contributed by atoms with E-state index in [0.717, 1.165) is 38.4 Å². The molecular weight excluding hydrogens is 662 g/mol. The van der Waals surface area contributed by atoms with Crippen molar-refractivity contribution in [2.24, 2.45) is 5.92 Å². The molecule has 0 bridgehead atoms. The van der Waals surface area contributed by atoms with E-state index in [1.54, 1.807) is 34.6 Å². The molecule has 2 unspecified atom stereocenters. The lowest BCUT2D eigenvalue weighted by Gasteiger charge is -2.24. The van der Waals surface area contributed by atoms with E-state index in [-0.39, 0.29) is 67.9 Å². The summed E-state index contributed by atoms with van der Waals surface area (Å²) in [6, 6.07) is -0.889. The van der Waals surface area contributed by atoms with E-state index >= 15 is 0 Å². The zero-order chi connectivity index (χ0) is 39.3. The maximum atomic E-state index is 12.1. The molecule has 3 amide bonds. The number of carboxylic acid groups (broad SMARTS) is 1. The number of amides is 3. The largest absolute Gasteiger partial charge is 0.481 e. The van der Waals surface area contributed by atoms with Crippen molar-refractivity contribution >= 4 is 42.0 Å². The Hall–Kier alpha value is -3.27. The van der Waals surface area contributed by atoms with Gasteiger partial charge in [0.2, 0.25) is 17.7 Å². The molecule has 1 saturated carbocycles. The summed E-state index contributed by atoms with van der Waals surface area (Å²) in [5.41, 5.74) is -1.39. The molecule has 296 valence electrons. The molecule has 0 aromatic heterocycles. The van der Waals surface area contributed by atoms with Gasteiger partial charge in [-0.2, -0.15) is 0 Å². The lowest BCUT2D eigenvalue weighted by molar-refractivity contribution is -0.137. The van der Waals surface area contributed by atoms with Gasteiger partial charge in [-0.1, -0.05) is 33.1 Å². The topological polar surface area (TPSA) is 218 Å². The van der Waals surface area contributed by atoms with Crippen molar-refractivity contribution in [2.75, 3.05) is 46.1 Å². The number of carboxylic acids is 1. The lowest BCUT2D eigenvalue weighted by atomic mass is 9.88. The van der Waals surface area contributed by atoms with E-state index in [1.807, 2.05) is 20.8 Å². The SMILES string of the molecule is CC.CC(CCC(=O)O)NC(=O)CCC(C=O)NC(=O)C1CCCCC1.CCNC(=O)CNC(C)(C)C(=O)COCCOCCNC(C)(C)C=O. The molecule has 0 spiro atoms. The third-order valence-corrected chi connectivity index (χ3v) is 7.84. The van der Waals surface area contributed by atoms with Gasteiger partial charge in [-0.15, -0.1) is 0 Å². The zero-order valence-electron chi connectivity index (χ0n) is 32.3. The Morgan fingerprint density at radius 3 is 2.04 bits per heavy atom. The van der Waals surface area contributed by atoms with Gasteiger partial charge in [0.05, 0.1) is 43.5 Å². The number of rotatable bonds is 25. The van der Waals surface area contributed by atoms with Gasteiger partial charge in [0.25, 0.3) is 0 Å². The summed E-state index contributed by atoms with van der Waals surface area (Å²) in [5, 5.41) is 22.6. The summed E-state index contributed by atoms with van der Waals surface area (Å²) in [6.45, 7) is 16.9. The van der Waals surface area contributed by atoms with Crippen LogP contribution in [0.25, 0.3) is 0 Å². The average Bonchev–Trinajstić information content (AvgIpc) is 3.10. The third-order valence-electron chi connectivity index (χ3n) is 7.84. The predicted octanol–water partition coefficient (Wildman–Crippen LogP) is 2.09. The molecule has 0 saturated heterocycles. The van der Waals surface area contributed by atoms with Gasteiger partial charge < -0.3 is 45.4 Å². The second kappa shape index (κ2) is 29.3. The number of aldehydes is 2. The van der Waals surface area contributed by atoms with Crippen LogP contribution in [0.2, 0.25) is 0 Å². The van der Waals surface area contributed by atoms with Crippen LogP contribution >= 0.6 is 0 Å². The number of carbonyl (C=O) groups is 7. The Morgan fingerprint density at radius 1 is 0.843 bits per heavy atom. The van der Waals surface area contributed by atoms with Crippen molar-refractivity contribution in [3.8, 4) is 0 Å². The first kappa shape index (κ1) is 49.8. The van der Waals surface area contributed by atoms with Crippen molar-refractivity contribution in [1.29, 1.82) is 0 Å². The minimum Gasteiger partial charge on any atom is -0.481 e. The fraction of sp³-hybridized carbons (Fsp3) is 0.806. The summed E-state index contributed by atoms with van der Waals surface area (Å²) in [5.74, 6) is -1.54. The van der Waals surface area contributed by atoms with Gasteiger partial charge >= 0.3 is 5.97 Å². The fourth-order valence-corrected chi connectivity index (χ4v) is 4.60. The maximum absolute atomic E-state index is 12.1. The van der Waals surface area contributed by atoms with Crippen LogP contribution in [0.3, 0.4) is 0 Å². The molecule has 1 rings (SSSR count). The standard InChI is InChI=1S/C17H33N3O5.C17H28N2O5.C2H6/c1-6-18-15(23)11-20-17(4,5)14(22)12-25-10-9-24-8-7-19-16(2,3)13-21;1-12(7-10-16(22)23)18-15(21)9-8-14(11-20)19-17(24)13-5-3-2-4-6-13;1-2/h13,19-20H,6-12H2,1-5H3,(H,18,23);11-14H,2-10H2,1H3,(H,18,21)(H,19,24)(H,22,23);1-2H3. The monoisotopic (exact) mass is 729 g/mol. The van der Waals surface area contributed by atoms with Crippen molar-refractivity contribution in [3.05, 3.63) is 0 Å². The molecule has 2 atom stereocenters. The molecule has 1 aliphatic rings. The van der Waals surface area contributed by atoms with Crippen LogP contribution in [0.5, 0.6) is 0 Å². The van der Waals surface area contributed by atoms with Gasteiger partial charge in [0.1, 0.15) is 19.2 Å². The number of likely N-dealkylation sites (N-methyl/N-ethyl adjacent to an activating group) is 1. The van der Waals surface area contributed by atoms with E-state index in [0.29, 0.717) is 45.6 Å². The Kier molecular flexibility index (Phi) is 28.7. The van der Waals surface area contributed by atoms with Gasteiger partial charge in [0, 0.05) is 37.9 Å². The molecule has 51 heavy (non-hydrogen) atoms. The highest BCUT2D eigenvalue weighted by Crippen LogP contribution is 2.23. The van der Waals surface area contributed by atoms with E-state index in [4.69, 9.17) is 14.6 Å². The Balaban J connectivity index is 0. The second-order valence-electron chi connectivity index (χ2n) is 13.3. The number of Topliss-reactive ketones (excluding diaryl/α,β-unsaturated/α-hetero) is 1. The highest BCUT2D eigenvalue weighted by atomic mass is 16.5. The Labute approximate surface area is 304 Å². The van der Waals surface area contributed by atoms with Crippen LogP contribution in [0.1, 0.15) is 113 Å². The molecule has 1 aliphatic carbocycles. The van der Waals surface area contributed by atoms with Crippen molar-refractivity contribution in [1.82, 2.24) is 26.6 Å². The van der Waals surface area contributed by atoms with Gasteiger partial charge in [-0.3, -0.25) is 29.3 Å². The van der Waals surface area contributed by atoms with Crippen LogP contribution < -0.4 is 26.6 Å². The average molecular weight is 730 g/mol. The molecule has 0 radical (unpaired) electrons. The summed E-state index contributed by atoms with van der Waals surface area (Å²) in [6.07, 6.45) is 7.20. The first-order valence-electron chi connectivity index (χ1n) is 18.3. The molecular formula is C36H67N5O10. The van der Waals surface area contributed by atoms with Crippen molar-refractivity contribution < 1.29 is 48.1 Å². The van der Waals surface area contributed by atoms with Crippen LogP contribution in [-0.2, 0) is 43.0 Å². The molecule has 1 fully saturated rings. The normalized spacial score (nSPS) is 14.3. The molecule has 6 N–H and O–H groups in total. The van der Waals surface area contributed by atoms with Crippen molar-refractivity contribution in [2.45, 2.75) is 136 Å². The maximum Gasteiger partial charge on any atom is 0.303 e. The molecule has 0 aromatic rings. The molecule has 15 nitrogen and oxygen atoms in total. The molecule has 0 heterocycles.